The second-order valence-corrected chi connectivity index (χ2v) is 7.40. The summed E-state index contributed by atoms with van der Waals surface area (Å²) in [5.41, 5.74) is 1.73. The van der Waals surface area contributed by atoms with Crippen LogP contribution in [-0.2, 0) is 17.1 Å². The Balaban J connectivity index is 2.04. The molecule has 0 fully saturated rings. The number of hydrogen-bond acceptors (Lipinski definition) is 5. The molecule has 2 heterocycles. The van der Waals surface area contributed by atoms with Gasteiger partial charge in [-0.2, -0.15) is 5.10 Å². The zero-order chi connectivity index (χ0) is 17.4. The molecule has 1 atom stereocenters. The molecule has 1 unspecified atom stereocenters. The fraction of sp³-hybridized carbons (Fsp3) is 0.533. The smallest absolute Gasteiger partial charge is 0.244 e. The maximum absolute atomic E-state index is 12.4. The summed E-state index contributed by atoms with van der Waals surface area (Å²) in [6.07, 6.45) is -0.511. The predicted molar refractivity (Wildman–Crippen MR) is 85.6 cm³/mol. The minimum absolute atomic E-state index is 0.126. The highest BCUT2D eigenvalue weighted by Gasteiger charge is 2.24. The summed E-state index contributed by atoms with van der Waals surface area (Å²) >= 11 is 0. The van der Waals surface area contributed by atoms with E-state index < -0.39 is 16.1 Å². The zero-order valence-electron chi connectivity index (χ0n) is 14.0. The van der Waals surface area contributed by atoms with Crippen molar-refractivity contribution >= 4 is 10.0 Å². The van der Waals surface area contributed by atoms with Gasteiger partial charge in [-0.25, -0.2) is 13.1 Å². The Kier molecular flexibility index (Phi) is 4.98. The lowest BCUT2D eigenvalue weighted by molar-refractivity contribution is 0.167. The highest BCUT2D eigenvalue weighted by Crippen LogP contribution is 2.24. The first-order valence-corrected chi connectivity index (χ1v) is 8.86. The monoisotopic (exact) mass is 341 g/mol. The van der Waals surface area contributed by atoms with Gasteiger partial charge in [0.05, 0.1) is 17.5 Å². The number of aromatic nitrogens is 2. The zero-order valence-corrected chi connectivity index (χ0v) is 14.9. The first-order chi connectivity index (χ1) is 10.6. The summed E-state index contributed by atoms with van der Waals surface area (Å²) < 4.78 is 34.3. The van der Waals surface area contributed by atoms with Gasteiger partial charge < -0.3 is 9.52 Å². The molecule has 23 heavy (non-hydrogen) atoms. The molecule has 7 nitrogen and oxygen atoms in total. The van der Waals surface area contributed by atoms with E-state index in [0.717, 1.165) is 5.76 Å². The van der Waals surface area contributed by atoms with Gasteiger partial charge in [0.1, 0.15) is 16.4 Å². The standard InChI is InChI=1S/C15H23N3O4S/c1-9-8-13(12(4)22-9)14(19)6-7-16-23(20,21)15-10(2)17-18(5)11(15)3/h8,14,16,19H,6-7H2,1-5H3. The molecular weight excluding hydrogens is 318 g/mol. The van der Waals surface area contributed by atoms with Crippen molar-refractivity contribution in [2.75, 3.05) is 6.54 Å². The molecule has 0 aliphatic carbocycles. The minimum atomic E-state index is -3.65. The van der Waals surface area contributed by atoms with Crippen molar-refractivity contribution in [3.05, 3.63) is 34.5 Å². The number of aliphatic hydroxyl groups is 1. The number of sulfonamides is 1. The van der Waals surface area contributed by atoms with Crippen LogP contribution in [0.2, 0.25) is 0 Å². The van der Waals surface area contributed by atoms with Crippen LogP contribution in [0.5, 0.6) is 0 Å². The summed E-state index contributed by atoms with van der Waals surface area (Å²) in [5, 5.41) is 14.3. The molecule has 0 spiro atoms. The SMILES string of the molecule is Cc1cc(C(O)CCNS(=O)(=O)c2c(C)nn(C)c2C)c(C)o1. The molecular formula is C15H23N3O4S. The van der Waals surface area contributed by atoms with E-state index in [1.54, 1.807) is 40.8 Å². The molecule has 0 radical (unpaired) electrons. The largest absolute Gasteiger partial charge is 0.466 e. The number of rotatable bonds is 6. The molecule has 2 aromatic rings. The van der Waals surface area contributed by atoms with Gasteiger partial charge in [-0.1, -0.05) is 0 Å². The molecule has 0 aromatic carbocycles. The first-order valence-electron chi connectivity index (χ1n) is 7.38. The molecule has 0 amide bonds. The van der Waals surface area contributed by atoms with Crippen molar-refractivity contribution in [1.82, 2.24) is 14.5 Å². The second kappa shape index (κ2) is 6.46. The number of aryl methyl sites for hydroxylation is 4. The molecule has 2 N–H and O–H groups in total. The van der Waals surface area contributed by atoms with Crippen molar-refractivity contribution in [2.45, 2.75) is 45.1 Å². The number of hydrogen-bond donors (Lipinski definition) is 2. The Labute approximate surface area is 136 Å². The quantitative estimate of drug-likeness (QED) is 0.832. The number of nitrogens with one attached hydrogen (secondary N) is 1. The predicted octanol–water partition coefficient (Wildman–Crippen LogP) is 1.65. The van der Waals surface area contributed by atoms with Crippen LogP contribution in [0.4, 0.5) is 0 Å². The van der Waals surface area contributed by atoms with Crippen LogP contribution in [0.1, 0.15) is 41.0 Å². The van der Waals surface area contributed by atoms with E-state index in [2.05, 4.69) is 9.82 Å². The highest BCUT2D eigenvalue weighted by atomic mass is 32.2. The Morgan fingerprint density at radius 3 is 2.48 bits per heavy atom. The van der Waals surface area contributed by atoms with Crippen LogP contribution < -0.4 is 4.72 Å². The molecule has 2 aromatic heterocycles. The van der Waals surface area contributed by atoms with Crippen molar-refractivity contribution in [3.63, 3.8) is 0 Å². The Bertz CT molecular complexity index is 805. The van der Waals surface area contributed by atoms with Gasteiger partial charge in [-0.15, -0.1) is 0 Å². The van der Waals surface area contributed by atoms with Crippen molar-refractivity contribution in [1.29, 1.82) is 0 Å². The van der Waals surface area contributed by atoms with Crippen LogP contribution in [0, 0.1) is 27.7 Å². The van der Waals surface area contributed by atoms with Crippen molar-refractivity contribution < 1.29 is 17.9 Å². The molecule has 0 saturated carbocycles. The van der Waals surface area contributed by atoms with Gasteiger partial charge in [-0.05, 0) is 40.2 Å². The van der Waals surface area contributed by atoms with E-state index >= 15 is 0 Å². The average Bonchev–Trinajstić information content (AvgIpc) is 2.89. The summed E-state index contributed by atoms with van der Waals surface area (Å²) in [6.45, 7) is 7.08. The third-order valence-electron chi connectivity index (χ3n) is 3.86. The Morgan fingerprint density at radius 1 is 1.35 bits per heavy atom. The van der Waals surface area contributed by atoms with Crippen LogP contribution in [0.25, 0.3) is 0 Å². The number of nitrogens with zero attached hydrogens (tertiary/aromatic N) is 2. The van der Waals surface area contributed by atoms with Crippen LogP contribution in [0.3, 0.4) is 0 Å². The third kappa shape index (κ3) is 3.65. The van der Waals surface area contributed by atoms with Gasteiger partial charge >= 0.3 is 0 Å². The van der Waals surface area contributed by atoms with Crippen molar-refractivity contribution in [2.24, 2.45) is 7.05 Å². The number of furan rings is 1. The van der Waals surface area contributed by atoms with Gasteiger partial charge in [-0.3, -0.25) is 4.68 Å². The van der Waals surface area contributed by atoms with Crippen LogP contribution in [-0.4, -0.2) is 29.8 Å². The molecule has 0 aliphatic heterocycles. The lowest BCUT2D eigenvalue weighted by atomic mass is 10.1. The third-order valence-corrected chi connectivity index (χ3v) is 5.57. The lowest BCUT2D eigenvalue weighted by Gasteiger charge is -2.11. The van der Waals surface area contributed by atoms with Crippen molar-refractivity contribution in [3.8, 4) is 0 Å². The van der Waals surface area contributed by atoms with Crippen LogP contribution in [0.15, 0.2) is 15.4 Å². The van der Waals surface area contributed by atoms with Crippen LogP contribution >= 0.6 is 0 Å². The van der Waals surface area contributed by atoms with E-state index in [4.69, 9.17) is 4.42 Å². The molecule has 0 bridgehead atoms. The Morgan fingerprint density at radius 2 is 2.00 bits per heavy atom. The first kappa shape index (κ1) is 17.7. The van der Waals surface area contributed by atoms with E-state index in [9.17, 15) is 13.5 Å². The highest BCUT2D eigenvalue weighted by molar-refractivity contribution is 7.89. The average molecular weight is 341 g/mol. The van der Waals surface area contributed by atoms with E-state index in [0.29, 0.717) is 22.7 Å². The fourth-order valence-corrected chi connectivity index (χ4v) is 4.16. The van der Waals surface area contributed by atoms with Gasteiger partial charge in [0.25, 0.3) is 0 Å². The molecule has 8 heteroatoms. The molecule has 0 aliphatic rings. The van der Waals surface area contributed by atoms with Gasteiger partial charge in [0.15, 0.2) is 0 Å². The van der Waals surface area contributed by atoms with Gasteiger partial charge in [0.2, 0.25) is 10.0 Å². The summed E-state index contributed by atoms with van der Waals surface area (Å²) in [5.74, 6) is 1.37. The summed E-state index contributed by atoms with van der Waals surface area (Å²) in [7, 11) is -1.95. The molecule has 0 saturated heterocycles. The fourth-order valence-electron chi connectivity index (χ4n) is 2.68. The summed E-state index contributed by atoms with van der Waals surface area (Å²) in [4.78, 5) is 0.199. The van der Waals surface area contributed by atoms with E-state index in [1.807, 2.05) is 0 Å². The summed E-state index contributed by atoms with van der Waals surface area (Å²) in [6, 6.07) is 1.77. The van der Waals surface area contributed by atoms with E-state index in [1.165, 1.54) is 4.68 Å². The number of aliphatic hydroxyl groups excluding tert-OH is 1. The lowest BCUT2D eigenvalue weighted by Crippen LogP contribution is -2.27. The molecule has 2 rings (SSSR count). The van der Waals surface area contributed by atoms with E-state index in [-0.39, 0.29) is 17.9 Å². The topological polar surface area (TPSA) is 97.4 Å². The maximum Gasteiger partial charge on any atom is 0.244 e. The van der Waals surface area contributed by atoms with Gasteiger partial charge in [0, 0.05) is 19.2 Å². The minimum Gasteiger partial charge on any atom is -0.466 e. The maximum atomic E-state index is 12.4. The molecule has 128 valence electrons. The Hall–Kier alpha value is -1.64. The second-order valence-electron chi connectivity index (χ2n) is 5.69. The normalized spacial score (nSPS) is 13.5.